The minimum Gasteiger partial charge on any atom is -0.399 e. The first-order chi connectivity index (χ1) is 11.6. The molecule has 1 amide bonds. The number of anilines is 1. The largest absolute Gasteiger partial charge is 0.399 e. The SMILES string of the molecule is CCN(CC)C(CNC(=O)Cc1cccc(N)c1)c1ccccc1. The molecule has 0 aliphatic heterocycles. The molecule has 2 aromatic carbocycles. The van der Waals surface area contributed by atoms with Gasteiger partial charge in [-0.2, -0.15) is 0 Å². The molecule has 0 heterocycles. The van der Waals surface area contributed by atoms with Crippen LogP contribution in [0.3, 0.4) is 0 Å². The second-order valence-corrected chi connectivity index (χ2v) is 5.87. The first-order valence-electron chi connectivity index (χ1n) is 8.54. The van der Waals surface area contributed by atoms with E-state index in [4.69, 9.17) is 5.73 Å². The topological polar surface area (TPSA) is 58.4 Å². The van der Waals surface area contributed by atoms with E-state index < -0.39 is 0 Å². The molecule has 1 atom stereocenters. The Balaban J connectivity index is 2.00. The van der Waals surface area contributed by atoms with Gasteiger partial charge < -0.3 is 11.1 Å². The van der Waals surface area contributed by atoms with Crippen molar-refractivity contribution < 1.29 is 4.79 Å². The number of nitrogens with zero attached hydrogens (tertiary/aromatic N) is 1. The summed E-state index contributed by atoms with van der Waals surface area (Å²) in [5.74, 6) is 0.0219. The molecule has 0 aliphatic rings. The van der Waals surface area contributed by atoms with E-state index in [1.54, 1.807) is 0 Å². The monoisotopic (exact) mass is 325 g/mol. The average Bonchev–Trinajstić information content (AvgIpc) is 2.59. The number of carbonyl (C=O) groups is 1. The summed E-state index contributed by atoms with van der Waals surface area (Å²) < 4.78 is 0. The van der Waals surface area contributed by atoms with Crippen molar-refractivity contribution in [2.45, 2.75) is 26.3 Å². The maximum absolute atomic E-state index is 12.3. The number of nitrogen functional groups attached to an aromatic ring is 1. The van der Waals surface area contributed by atoms with Gasteiger partial charge in [-0.05, 0) is 36.3 Å². The fraction of sp³-hybridized carbons (Fsp3) is 0.350. The molecule has 0 aromatic heterocycles. The van der Waals surface area contributed by atoms with Crippen LogP contribution in [0.15, 0.2) is 54.6 Å². The van der Waals surface area contributed by atoms with E-state index in [2.05, 4.69) is 36.2 Å². The van der Waals surface area contributed by atoms with E-state index in [-0.39, 0.29) is 11.9 Å². The maximum atomic E-state index is 12.3. The van der Waals surface area contributed by atoms with Crippen LogP contribution in [0, 0.1) is 0 Å². The second-order valence-electron chi connectivity index (χ2n) is 5.87. The number of nitrogens with two attached hydrogens (primary N) is 1. The molecule has 0 aliphatic carbocycles. The zero-order chi connectivity index (χ0) is 17.4. The number of nitrogens with one attached hydrogen (secondary N) is 1. The molecule has 0 saturated heterocycles. The van der Waals surface area contributed by atoms with Gasteiger partial charge in [-0.3, -0.25) is 9.69 Å². The quantitative estimate of drug-likeness (QED) is 0.734. The third-order valence-electron chi connectivity index (χ3n) is 4.25. The highest BCUT2D eigenvalue weighted by molar-refractivity contribution is 5.78. The molecule has 0 radical (unpaired) electrons. The number of hydrogen-bond acceptors (Lipinski definition) is 3. The molecule has 0 saturated carbocycles. The molecule has 0 bridgehead atoms. The number of carbonyl (C=O) groups excluding carboxylic acids is 1. The van der Waals surface area contributed by atoms with Crippen LogP contribution in [0.5, 0.6) is 0 Å². The molecule has 2 aromatic rings. The van der Waals surface area contributed by atoms with Gasteiger partial charge in [-0.15, -0.1) is 0 Å². The van der Waals surface area contributed by atoms with Crippen LogP contribution >= 0.6 is 0 Å². The van der Waals surface area contributed by atoms with E-state index in [1.165, 1.54) is 5.56 Å². The lowest BCUT2D eigenvalue weighted by atomic mass is 10.0. The zero-order valence-corrected chi connectivity index (χ0v) is 14.5. The van der Waals surface area contributed by atoms with Gasteiger partial charge in [0, 0.05) is 12.2 Å². The van der Waals surface area contributed by atoms with Crippen molar-refractivity contribution in [1.82, 2.24) is 10.2 Å². The van der Waals surface area contributed by atoms with Crippen LogP contribution in [0.25, 0.3) is 0 Å². The number of rotatable bonds is 8. The molecule has 24 heavy (non-hydrogen) atoms. The third kappa shape index (κ3) is 5.10. The van der Waals surface area contributed by atoms with Crippen molar-refractivity contribution >= 4 is 11.6 Å². The summed E-state index contributed by atoms with van der Waals surface area (Å²) in [6.45, 7) is 6.79. The van der Waals surface area contributed by atoms with Crippen LogP contribution in [0.2, 0.25) is 0 Å². The lowest BCUT2D eigenvalue weighted by molar-refractivity contribution is -0.120. The van der Waals surface area contributed by atoms with Gasteiger partial charge in [-0.1, -0.05) is 56.3 Å². The van der Waals surface area contributed by atoms with Gasteiger partial charge in [0.2, 0.25) is 5.91 Å². The Kier molecular flexibility index (Phi) is 6.82. The van der Waals surface area contributed by atoms with E-state index in [1.807, 2.05) is 42.5 Å². The average molecular weight is 325 g/mol. The third-order valence-corrected chi connectivity index (χ3v) is 4.25. The Labute approximate surface area is 144 Å². The van der Waals surface area contributed by atoms with Crippen LogP contribution in [-0.2, 0) is 11.2 Å². The molecule has 1 unspecified atom stereocenters. The van der Waals surface area contributed by atoms with Crippen molar-refractivity contribution in [2.24, 2.45) is 0 Å². The van der Waals surface area contributed by atoms with E-state index in [0.29, 0.717) is 18.7 Å². The molecular weight excluding hydrogens is 298 g/mol. The summed E-state index contributed by atoms with van der Waals surface area (Å²) in [4.78, 5) is 14.6. The normalized spacial score (nSPS) is 12.1. The van der Waals surface area contributed by atoms with Crippen LogP contribution in [-0.4, -0.2) is 30.4 Å². The molecule has 2 rings (SSSR count). The lowest BCUT2D eigenvalue weighted by Gasteiger charge is -2.30. The zero-order valence-electron chi connectivity index (χ0n) is 14.5. The van der Waals surface area contributed by atoms with Crippen molar-refractivity contribution in [2.75, 3.05) is 25.4 Å². The number of likely N-dealkylation sites (N-methyl/N-ethyl adjacent to an activating group) is 1. The summed E-state index contributed by atoms with van der Waals surface area (Å²) in [5.41, 5.74) is 8.62. The van der Waals surface area contributed by atoms with E-state index in [9.17, 15) is 4.79 Å². The Hall–Kier alpha value is -2.33. The molecule has 4 nitrogen and oxygen atoms in total. The van der Waals surface area contributed by atoms with Crippen molar-refractivity contribution in [3.8, 4) is 0 Å². The van der Waals surface area contributed by atoms with Crippen LogP contribution in [0.1, 0.15) is 31.0 Å². The Bertz CT molecular complexity index is 638. The summed E-state index contributed by atoms with van der Waals surface area (Å²) in [6.07, 6.45) is 0.352. The highest BCUT2D eigenvalue weighted by Gasteiger charge is 2.18. The minimum atomic E-state index is 0.0219. The number of benzene rings is 2. The molecule has 128 valence electrons. The molecule has 4 heteroatoms. The summed E-state index contributed by atoms with van der Waals surface area (Å²) >= 11 is 0. The highest BCUT2D eigenvalue weighted by atomic mass is 16.1. The minimum absolute atomic E-state index is 0.0219. The van der Waals surface area contributed by atoms with Gasteiger partial charge >= 0.3 is 0 Å². The fourth-order valence-electron chi connectivity index (χ4n) is 2.96. The maximum Gasteiger partial charge on any atom is 0.224 e. The van der Waals surface area contributed by atoms with Crippen LogP contribution in [0.4, 0.5) is 5.69 Å². The lowest BCUT2D eigenvalue weighted by Crippen LogP contribution is -2.38. The highest BCUT2D eigenvalue weighted by Crippen LogP contribution is 2.19. The smallest absolute Gasteiger partial charge is 0.224 e. The Morgan fingerprint density at radius 1 is 1.08 bits per heavy atom. The number of hydrogen-bond donors (Lipinski definition) is 2. The van der Waals surface area contributed by atoms with Gasteiger partial charge in [0.1, 0.15) is 0 Å². The van der Waals surface area contributed by atoms with E-state index >= 15 is 0 Å². The van der Waals surface area contributed by atoms with Gasteiger partial charge in [0.25, 0.3) is 0 Å². The predicted octanol–water partition coefficient (Wildman–Crippen LogP) is 3.01. The standard InChI is InChI=1S/C20H27N3O/c1-3-23(4-2)19(17-10-6-5-7-11-17)15-22-20(24)14-16-9-8-12-18(21)13-16/h5-13,19H,3-4,14-15,21H2,1-2H3,(H,22,24). The number of amides is 1. The van der Waals surface area contributed by atoms with Gasteiger partial charge in [0.05, 0.1) is 12.5 Å². The van der Waals surface area contributed by atoms with Crippen molar-refractivity contribution in [3.63, 3.8) is 0 Å². The first-order valence-corrected chi connectivity index (χ1v) is 8.54. The Morgan fingerprint density at radius 3 is 2.42 bits per heavy atom. The van der Waals surface area contributed by atoms with Crippen molar-refractivity contribution in [3.05, 3.63) is 65.7 Å². The first kappa shape index (κ1) is 18.0. The van der Waals surface area contributed by atoms with Crippen molar-refractivity contribution in [1.29, 1.82) is 0 Å². The van der Waals surface area contributed by atoms with Gasteiger partial charge in [-0.25, -0.2) is 0 Å². The second kappa shape index (κ2) is 9.08. The summed E-state index contributed by atoms with van der Waals surface area (Å²) in [5, 5.41) is 3.08. The van der Waals surface area contributed by atoms with E-state index in [0.717, 1.165) is 18.7 Å². The molecule has 3 N–H and O–H groups in total. The summed E-state index contributed by atoms with van der Waals surface area (Å²) in [7, 11) is 0. The predicted molar refractivity (Wildman–Crippen MR) is 99.7 cm³/mol. The molecule has 0 spiro atoms. The van der Waals surface area contributed by atoms with Crippen LogP contribution < -0.4 is 11.1 Å². The molecular formula is C20H27N3O. The molecule has 0 fully saturated rings. The van der Waals surface area contributed by atoms with Gasteiger partial charge in [0.15, 0.2) is 0 Å². The Morgan fingerprint density at radius 2 is 1.79 bits per heavy atom. The summed E-state index contributed by atoms with van der Waals surface area (Å²) in [6, 6.07) is 18.0. The fourth-order valence-corrected chi connectivity index (χ4v) is 2.96.